The maximum Gasteiger partial charge on any atom is 0.339 e. The molecule has 7 nitrogen and oxygen atoms in total. The molecule has 0 unspecified atom stereocenters. The number of aliphatic hydroxyl groups excluding tert-OH is 1. The highest BCUT2D eigenvalue weighted by Gasteiger charge is 2.00. The molecule has 0 spiro atoms. The van der Waals surface area contributed by atoms with Crippen LogP contribution < -0.4 is 9.63 Å². The summed E-state index contributed by atoms with van der Waals surface area (Å²) in [7, 11) is -1.83. The zero-order valence-electron chi connectivity index (χ0n) is 12.2. The molecular weight excluding hydrogens is 299 g/mol. The molecule has 0 aliphatic heterocycles. The van der Waals surface area contributed by atoms with Crippen LogP contribution in [0.15, 0.2) is 36.1 Å². The molecule has 21 heavy (non-hydrogen) atoms. The number of carbonyl (C=O) groups is 1. The number of aryl methyl sites for hydroxylation is 1. The lowest BCUT2D eigenvalue weighted by molar-refractivity contribution is -0.220. The molecule has 1 aromatic carbocycles. The van der Waals surface area contributed by atoms with Crippen LogP contribution in [0.2, 0.25) is 0 Å². The Kier molecular flexibility index (Phi) is 8.57. The lowest BCUT2D eigenvalue weighted by Gasteiger charge is -2.16. The Balaban J connectivity index is 0.000000486. The number of rotatable bonds is 4. The highest BCUT2D eigenvalue weighted by atomic mass is 31.2. The van der Waals surface area contributed by atoms with E-state index in [1.807, 2.05) is 19.1 Å². The number of ether oxygens (including phenoxy) is 1. The van der Waals surface area contributed by atoms with Gasteiger partial charge in [-0.2, -0.15) is 0 Å². The van der Waals surface area contributed by atoms with Crippen LogP contribution in [0.5, 0.6) is 5.75 Å². The topological polar surface area (TPSA) is 105 Å². The van der Waals surface area contributed by atoms with Crippen molar-refractivity contribution in [2.75, 3.05) is 14.2 Å². The van der Waals surface area contributed by atoms with Gasteiger partial charge >= 0.3 is 5.97 Å². The van der Waals surface area contributed by atoms with Crippen LogP contribution in [0.3, 0.4) is 0 Å². The van der Waals surface area contributed by atoms with Gasteiger partial charge in [-0.15, -0.1) is 0 Å². The third-order valence-corrected chi connectivity index (χ3v) is 2.91. The monoisotopic (exact) mass is 317 g/mol. The van der Waals surface area contributed by atoms with E-state index < -0.39 is 13.8 Å². The van der Waals surface area contributed by atoms with Crippen molar-refractivity contribution in [1.29, 1.82) is 0 Å². The molecule has 0 aliphatic carbocycles. The maximum atomic E-state index is 11.0. The summed E-state index contributed by atoms with van der Waals surface area (Å²) in [6, 6.07) is 7.10. The first-order chi connectivity index (χ1) is 9.70. The van der Waals surface area contributed by atoms with Gasteiger partial charge in [0.05, 0.1) is 11.8 Å². The zero-order chi connectivity index (χ0) is 16.5. The second-order valence-corrected chi connectivity index (χ2v) is 5.46. The Morgan fingerprint density at radius 2 is 1.71 bits per heavy atom. The molecule has 0 bridgehead atoms. The highest BCUT2D eigenvalue weighted by molar-refractivity contribution is 7.45. The molecule has 0 atom stereocenters. The van der Waals surface area contributed by atoms with Crippen molar-refractivity contribution in [3.8, 4) is 5.75 Å². The average Bonchev–Trinajstić information content (AvgIpc) is 2.41. The highest BCUT2D eigenvalue weighted by Crippen LogP contribution is 2.34. The van der Waals surface area contributed by atoms with Crippen molar-refractivity contribution in [3.63, 3.8) is 0 Å². The zero-order valence-corrected chi connectivity index (χ0v) is 13.1. The van der Waals surface area contributed by atoms with E-state index >= 15 is 0 Å². The van der Waals surface area contributed by atoms with Crippen molar-refractivity contribution in [3.05, 3.63) is 41.7 Å². The largest absolute Gasteiger partial charge is 0.756 e. The van der Waals surface area contributed by atoms with Crippen LogP contribution in [0.25, 0.3) is 0 Å². The van der Waals surface area contributed by atoms with E-state index in [1.165, 1.54) is 6.92 Å². The first kappa shape index (κ1) is 19.3. The van der Waals surface area contributed by atoms with Crippen LogP contribution in [0.4, 0.5) is 0 Å². The molecule has 8 heteroatoms. The number of allylic oxidation sites excluding steroid dienone is 1. The maximum absolute atomic E-state index is 11.0. The second kappa shape index (κ2) is 9.31. The van der Waals surface area contributed by atoms with Crippen molar-refractivity contribution >= 4 is 13.8 Å². The first-order valence-electron chi connectivity index (χ1n) is 5.78. The number of aliphatic hydroxyl groups is 1. The number of phosphoric acid groups is 1. The van der Waals surface area contributed by atoms with Gasteiger partial charge in [0.2, 0.25) is 0 Å². The number of phosphoric ester groups is 1. The van der Waals surface area contributed by atoms with Crippen LogP contribution in [-0.2, 0) is 18.4 Å². The third-order valence-electron chi connectivity index (χ3n) is 2.01. The summed E-state index contributed by atoms with van der Waals surface area (Å²) in [5.41, 5.74) is 1.10. The standard InChI is InChI=1S/C11H12O3.C2H7O4P/c1-8-3-5-10(6-4-8)14-11(13)7-9(2)12;1-5-7(3,4)6-2/h3-7,12H,1-2H3;1-2H3,(H,3,4)/p-1/b9-7-;. The molecule has 118 valence electrons. The molecule has 1 aromatic rings. The summed E-state index contributed by atoms with van der Waals surface area (Å²) >= 11 is 0. The molecule has 0 aliphatic rings. The normalized spacial score (nSPS) is 11.4. The first-order valence-corrected chi connectivity index (χ1v) is 7.24. The lowest BCUT2D eigenvalue weighted by Crippen LogP contribution is -2.04. The predicted octanol–water partition coefficient (Wildman–Crippen LogP) is 2.11. The smallest absolute Gasteiger partial charge is 0.339 e. The fourth-order valence-corrected chi connectivity index (χ4v) is 1.15. The minimum Gasteiger partial charge on any atom is -0.756 e. The van der Waals surface area contributed by atoms with Gasteiger partial charge in [-0.25, -0.2) is 4.79 Å². The summed E-state index contributed by atoms with van der Waals surface area (Å²) in [6.07, 6.45) is 1.03. The molecule has 0 heterocycles. The number of hydrogen-bond acceptors (Lipinski definition) is 7. The summed E-state index contributed by atoms with van der Waals surface area (Å²) in [6.45, 7) is 3.36. The third kappa shape index (κ3) is 9.81. The van der Waals surface area contributed by atoms with E-state index in [0.29, 0.717) is 5.75 Å². The number of esters is 1. The van der Waals surface area contributed by atoms with Gasteiger partial charge in [0.25, 0.3) is 7.82 Å². The fraction of sp³-hybridized carbons (Fsp3) is 0.308. The van der Waals surface area contributed by atoms with Gasteiger partial charge in [-0.3, -0.25) is 4.57 Å². The van der Waals surface area contributed by atoms with Gasteiger partial charge in [0.15, 0.2) is 0 Å². The van der Waals surface area contributed by atoms with Crippen molar-refractivity contribution < 1.29 is 33.1 Å². The predicted molar refractivity (Wildman–Crippen MR) is 74.8 cm³/mol. The molecular formula is C13H18O7P-. The fourth-order valence-electron chi connectivity index (χ4n) is 0.997. The Morgan fingerprint density at radius 3 is 2.05 bits per heavy atom. The van der Waals surface area contributed by atoms with E-state index in [4.69, 9.17) is 9.84 Å². The summed E-state index contributed by atoms with van der Waals surface area (Å²) in [5.74, 6) is -0.172. The molecule has 0 aromatic heterocycles. The average molecular weight is 317 g/mol. The van der Waals surface area contributed by atoms with Crippen molar-refractivity contribution in [2.24, 2.45) is 0 Å². The lowest BCUT2D eigenvalue weighted by atomic mass is 10.2. The van der Waals surface area contributed by atoms with Crippen LogP contribution in [0.1, 0.15) is 12.5 Å². The van der Waals surface area contributed by atoms with Crippen LogP contribution in [-0.4, -0.2) is 25.3 Å². The summed E-state index contributed by atoms with van der Waals surface area (Å²) in [4.78, 5) is 21.0. The number of carbonyl (C=O) groups excluding carboxylic acids is 1. The van der Waals surface area contributed by atoms with Gasteiger partial charge in [-0.05, 0) is 26.0 Å². The van der Waals surface area contributed by atoms with Crippen molar-refractivity contribution in [1.82, 2.24) is 0 Å². The van der Waals surface area contributed by atoms with Gasteiger partial charge in [0.1, 0.15) is 5.75 Å². The van der Waals surface area contributed by atoms with Crippen LogP contribution in [0, 0.1) is 6.92 Å². The Labute approximate surface area is 123 Å². The van der Waals surface area contributed by atoms with E-state index in [-0.39, 0.29) is 5.76 Å². The minimum absolute atomic E-state index is 0.0675. The Morgan fingerprint density at radius 1 is 1.24 bits per heavy atom. The second-order valence-electron chi connectivity index (χ2n) is 3.83. The SMILES string of the molecule is C/C(O)=C/C(=O)Oc1ccc(C)cc1.COP(=O)([O-])OC. The molecule has 1 rings (SSSR count). The summed E-state index contributed by atoms with van der Waals surface area (Å²) in [5, 5.41) is 8.81. The molecule has 0 fully saturated rings. The molecule has 0 saturated carbocycles. The quantitative estimate of drug-likeness (QED) is 0.298. The molecule has 0 saturated heterocycles. The van der Waals surface area contributed by atoms with E-state index in [1.54, 1.807) is 12.1 Å². The van der Waals surface area contributed by atoms with E-state index in [9.17, 15) is 14.3 Å². The Hall–Kier alpha value is -1.66. The van der Waals surface area contributed by atoms with Crippen LogP contribution >= 0.6 is 7.82 Å². The van der Waals surface area contributed by atoms with Gasteiger partial charge in [-0.1, -0.05) is 17.7 Å². The number of benzene rings is 1. The van der Waals surface area contributed by atoms with E-state index in [0.717, 1.165) is 25.9 Å². The molecule has 0 radical (unpaired) electrons. The van der Waals surface area contributed by atoms with Crippen molar-refractivity contribution in [2.45, 2.75) is 13.8 Å². The number of hydrogen-bond donors (Lipinski definition) is 1. The summed E-state index contributed by atoms with van der Waals surface area (Å²) < 4.78 is 22.6. The molecule has 1 N–H and O–H groups in total. The minimum atomic E-state index is -3.90. The van der Waals surface area contributed by atoms with Gasteiger partial charge < -0.3 is 23.8 Å². The Bertz CT molecular complexity index is 510. The van der Waals surface area contributed by atoms with Gasteiger partial charge in [0, 0.05) is 14.2 Å². The van der Waals surface area contributed by atoms with E-state index in [2.05, 4.69) is 9.05 Å². The molecule has 0 amide bonds.